The summed E-state index contributed by atoms with van der Waals surface area (Å²) >= 11 is 0. The van der Waals surface area contributed by atoms with Gasteiger partial charge >= 0.3 is 39.2 Å². The maximum absolute atomic E-state index is 13.6. The van der Waals surface area contributed by atoms with E-state index >= 15 is 0 Å². The van der Waals surface area contributed by atoms with Gasteiger partial charge in [0, 0.05) is 0 Å². The first-order valence-electron chi connectivity index (χ1n) is 17.7. The maximum atomic E-state index is 13.6. The zero-order chi connectivity index (χ0) is 44.9. The minimum absolute atomic E-state index is 0.0784. The van der Waals surface area contributed by atoms with Crippen molar-refractivity contribution in [2.24, 2.45) is 0 Å². The summed E-state index contributed by atoms with van der Waals surface area (Å²) in [7, 11) is -64.1. The lowest BCUT2D eigenvalue weighted by molar-refractivity contribution is 0.303. The van der Waals surface area contributed by atoms with Gasteiger partial charge in [-0.3, -0.25) is 0 Å². The Morgan fingerprint density at radius 1 is 0.407 bits per heavy atom. The van der Waals surface area contributed by atoms with Crippen LogP contribution in [0.5, 0.6) is 0 Å². The molecular formula is C14H58O23Si22. The molecule has 0 aliphatic carbocycles. The third-order valence-corrected chi connectivity index (χ3v) is 227. The molecule has 340 valence electrons. The van der Waals surface area contributed by atoms with Crippen molar-refractivity contribution in [3.63, 3.8) is 0 Å². The topological polar surface area (TPSA) is 388 Å². The van der Waals surface area contributed by atoms with Crippen molar-refractivity contribution < 1.29 is 106 Å². The van der Waals surface area contributed by atoms with E-state index in [1.165, 1.54) is 37.4 Å². The van der Waals surface area contributed by atoms with Crippen LogP contribution in [0.25, 0.3) is 0 Å². The van der Waals surface area contributed by atoms with Crippen LogP contribution in [-0.2, 0) is 28.8 Å². The summed E-state index contributed by atoms with van der Waals surface area (Å²) in [5.41, 5.74) is 0. The van der Waals surface area contributed by atoms with Gasteiger partial charge in [0.1, 0.15) is 0 Å². The molecule has 23 nitrogen and oxygen atoms in total. The smallest absolute Gasteiger partial charge is 0.351 e. The molecule has 2 rings (SSSR count). The highest BCUT2D eigenvalue weighted by Crippen LogP contribution is 2.46. The molecule has 0 aliphatic rings. The van der Waals surface area contributed by atoms with Crippen LogP contribution in [0, 0.1) is 0 Å². The molecule has 0 heterocycles. The minimum atomic E-state index is -5.94. The molecule has 0 aliphatic heterocycles. The Hall–Kier alpha value is 2.29. The molecule has 59 heavy (non-hydrogen) atoms. The van der Waals surface area contributed by atoms with Crippen LogP contribution in [-0.4, -0.2) is 267 Å². The Morgan fingerprint density at radius 3 is 1.05 bits per heavy atom. The zero-order valence-corrected chi connectivity index (χ0v) is 59.9. The largest absolute Gasteiger partial charge is 0.441 e. The lowest BCUT2D eigenvalue weighted by atomic mass is 10.4. The molecule has 2 aromatic carbocycles. The molecule has 0 radical (unpaired) electrons. The number of benzene rings is 2. The average molecular weight is 1210 g/mol. The summed E-state index contributed by atoms with van der Waals surface area (Å²) in [5, 5.41) is 0.157. The van der Waals surface area contributed by atoms with Crippen molar-refractivity contribution in [2.45, 2.75) is 13.1 Å². The maximum Gasteiger partial charge on any atom is 0.351 e. The molecule has 0 fully saturated rings. The Morgan fingerprint density at radius 2 is 0.763 bits per heavy atom. The summed E-state index contributed by atoms with van der Waals surface area (Å²) in [6, 6.07) is 15.3. The summed E-state index contributed by atoms with van der Waals surface area (Å²) in [6.45, 7) is -18.7. The van der Waals surface area contributed by atoms with Gasteiger partial charge in [-0.1, -0.05) is 60.7 Å². The van der Waals surface area contributed by atoms with E-state index in [1.54, 1.807) is 36.4 Å². The lowest BCUT2D eigenvalue weighted by Crippen LogP contribution is -3.08. The Labute approximate surface area is 376 Å². The SMILES string of the molecule is C[Si](C)(O)O[Si](O[Si](O[SiH2]O)([SiH2]O)[SiH2]O)([Si](O[SiH2]O)([SiH2]O)[SiH2]O)[Si](O[Si](O)([SiH2]O)[Si](O)(c1ccccc1)c1ccccc1)([Si](O[SiH2]O)([SiH2]O)[SiH2]O)[Si](O[SiH2]O)([SiH2]O)[SiH2]O. The van der Waals surface area contributed by atoms with Crippen molar-refractivity contribution >= 4 is 201 Å². The standard InChI is InChI=1S/C14H58O23Si22/c1-51(2,28)35-55(56(45-22,46-23)32-39-16,37-54(43-20,44-21)31-38-15)59(57(47-24,48-25)33-40-17,58(49-26,50-27)34-41-18)36-53(30,42-19)52(29,13-9-5-3-6-10-13)14-11-7-4-8-12-14/h3-12,15-30H,38-50H2,1-2H3. The van der Waals surface area contributed by atoms with Crippen molar-refractivity contribution in [3.05, 3.63) is 60.7 Å². The van der Waals surface area contributed by atoms with Crippen LogP contribution < -0.4 is 10.4 Å². The second-order valence-corrected chi connectivity index (χ2v) is 136. The van der Waals surface area contributed by atoms with Gasteiger partial charge in [0.05, 0.1) is 0 Å². The van der Waals surface area contributed by atoms with E-state index in [0.717, 1.165) is 0 Å². The average Bonchev–Trinajstić information content (AvgIpc) is 3.25. The highest BCUT2D eigenvalue weighted by molar-refractivity contribution is 8.15. The predicted octanol–water partition coefficient (Wildman–Crippen LogP) is -21.8. The lowest BCUT2D eigenvalue weighted by Gasteiger charge is -2.65. The van der Waals surface area contributed by atoms with Crippen molar-refractivity contribution in [3.8, 4) is 0 Å². The van der Waals surface area contributed by atoms with Crippen LogP contribution in [0.1, 0.15) is 0 Å². The predicted molar refractivity (Wildman–Crippen MR) is 270 cm³/mol. The van der Waals surface area contributed by atoms with Gasteiger partial charge < -0.3 is 106 Å². The van der Waals surface area contributed by atoms with Crippen molar-refractivity contribution in [2.75, 3.05) is 0 Å². The molecule has 2 aromatic rings. The van der Waals surface area contributed by atoms with E-state index in [4.69, 9.17) is 28.8 Å². The summed E-state index contributed by atoms with van der Waals surface area (Å²) < 4.78 is 45.9. The fraction of sp³-hybridized carbons (Fsp3) is 0.143. The first-order chi connectivity index (χ1) is 27.9. The van der Waals surface area contributed by atoms with Gasteiger partial charge in [0.2, 0.25) is 41.6 Å². The Bertz CT molecular complexity index is 1450. The molecule has 0 aromatic heterocycles. The van der Waals surface area contributed by atoms with Crippen LogP contribution >= 0.6 is 0 Å². The number of hydrogen-bond acceptors (Lipinski definition) is 23. The van der Waals surface area contributed by atoms with E-state index in [2.05, 4.69) is 0 Å². The van der Waals surface area contributed by atoms with Crippen LogP contribution in [0.2, 0.25) is 13.1 Å². The normalized spacial score (nSPS) is 22.6. The third-order valence-electron chi connectivity index (χ3n) is 9.92. The molecule has 0 saturated carbocycles. The highest BCUT2D eigenvalue weighted by Gasteiger charge is 2.92. The van der Waals surface area contributed by atoms with Gasteiger partial charge in [-0.05, 0) is 23.5 Å². The summed E-state index contributed by atoms with van der Waals surface area (Å²) in [4.78, 5) is 188. The molecule has 0 spiro atoms. The summed E-state index contributed by atoms with van der Waals surface area (Å²) in [6.07, 6.45) is 0. The second kappa shape index (κ2) is 24.9. The van der Waals surface area contributed by atoms with E-state index in [9.17, 15) is 76.7 Å². The molecular weight excluding hydrogens is 1150 g/mol. The van der Waals surface area contributed by atoms with Crippen LogP contribution in [0.4, 0.5) is 0 Å². The first-order valence-corrected chi connectivity index (χ1v) is 72.1. The summed E-state index contributed by atoms with van der Waals surface area (Å²) in [5.74, 6) is 0. The fourth-order valence-corrected chi connectivity index (χ4v) is 382. The minimum Gasteiger partial charge on any atom is -0.441 e. The first kappa shape index (κ1) is 57.4. The molecule has 0 amide bonds. The quantitative estimate of drug-likeness (QED) is 0.0323. The molecule has 45 heteroatoms. The van der Waals surface area contributed by atoms with Crippen molar-refractivity contribution in [1.82, 2.24) is 0 Å². The molecule has 2 unspecified atom stereocenters. The Kier molecular flexibility index (Phi) is 24.2. The highest BCUT2D eigenvalue weighted by atomic mass is 30.4. The van der Waals surface area contributed by atoms with Gasteiger partial charge in [-0.2, -0.15) is 0 Å². The van der Waals surface area contributed by atoms with Gasteiger partial charge in [-0.25, -0.2) is 0 Å². The van der Waals surface area contributed by atoms with Crippen molar-refractivity contribution in [1.29, 1.82) is 0 Å². The monoisotopic (exact) mass is 1210 g/mol. The molecule has 0 saturated heterocycles. The number of hydrogen-bond donors (Lipinski definition) is 16. The van der Waals surface area contributed by atoms with E-state index in [0.29, 0.717) is 0 Å². The fourth-order valence-electron chi connectivity index (χ4n) is 7.10. The van der Waals surface area contributed by atoms with Gasteiger partial charge in [0.15, 0.2) is 55.7 Å². The van der Waals surface area contributed by atoms with Crippen LogP contribution in [0.15, 0.2) is 60.7 Å². The number of rotatable bonds is 30. The second-order valence-electron chi connectivity index (χ2n) is 13.7. The van der Waals surface area contributed by atoms with Crippen LogP contribution in [0.3, 0.4) is 0 Å². The van der Waals surface area contributed by atoms with E-state index < -0.39 is 190 Å². The van der Waals surface area contributed by atoms with Gasteiger partial charge in [-0.15, -0.1) is 0 Å². The molecule has 2 atom stereocenters. The third kappa shape index (κ3) is 11.0. The van der Waals surface area contributed by atoms with E-state index in [-0.39, 0.29) is 10.4 Å². The van der Waals surface area contributed by atoms with E-state index in [1.807, 2.05) is 0 Å². The Balaban J connectivity index is 3.87. The molecule has 16 N–H and O–H groups in total. The zero-order valence-electron chi connectivity index (χ0n) is 32.5. The molecule has 0 bridgehead atoms. The van der Waals surface area contributed by atoms with Gasteiger partial charge in [0.25, 0.3) is 53.8 Å².